The normalized spacial score (nSPS) is 11.8. The van der Waals surface area contributed by atoms with E-state index < -0.39 is 23.6 Å². The van der Waals surface area contributed by atoms with Crippen LogP contribution in [0.1, 0.15) is 18.9 Å². The molecule has 0 spiro atoms. The number of carbonyl (C=O) groups excluding carboxylic acids is 2. The zero-order valence-electron chi connectivity index (χ0n) is 10.5. The van der Waals surface area contributed by atoms with Crippen molar-refractivity contribution in [2.24, 2.45) is 0 Å². The summed E-state index contributed by atoms with van der Waals surface area (Å²) in [7, 11) is 0. The van der Waals surface area contributed by atoms with Crippen molar-refractivity contribution in [3.63, 3.8) is 0 Å². The summed E-state index contributed by atoms with van der Waals surface area (Å²) in [6.07, 6.45) is -0.552. The SMILES string of the molecule is CCOc1ccc(CS[C@H](CC(=O)[O-])C(=O)[O-])cc1. The summed E-state index contributed by atoms with van der Waals surface area (Å²) in [6, 6.07) is 7.19. The molecule has 0 bridgehead atoms. The second-order valence-electron chi connectivity index (χ2n) is 3.77. The summed E-state index contributed by atoms with van der Waals surface area (Å²) in [5, 5.41) is 20.1. The third-order valence-corrected chi connectivity index (χ3v) is 3.56. The van der Waals surface area contributed by atoms with Gasteiger partial charge < -0.3 is 24.5 Å². The van der Waals surface area contributed by atoms with Crippen molar-refractivity contribution in [1.29, 1.82) is 0 Å². The van der Waals surface area contributed by atoms with E-state index in [4.69, 9.17) is 4.74 Å². The van der Waals surface area contributed by atoms with Crippen LogP contribution in [0, 0.1) is 0 Å². The van der Waals surface area contributed by atoms with Crippen molar-refractivity contribution in [3.8, 4) is 5.75 Å². The number of hydrogen-bond donors (Lipinski definition) is 0. The van der Waals surface area contributed by atoms with Crippen molar-refractivity contribution in [3.05, 3.63) is 29.8 Å². The fraction of sp³-hybridized carbons (Fsp3) is 0.385. The van der Waals surface area contributed by atoms with E-state index in [1.807, 2.05) is 19.1 Å². The van der Waals surface area contributed by atoms with E-state index in [1.54, 1.807) is 12.1 Å². The summed E-state index contributed by atoms with van der Waals surface area (Å²) in [5.41, 5.74) is 0.887. The van der Waals surface area contributed by atoms with Gasteiger partial charge in [0.2, 0.25) is 0 Å². The number of carboxylic acid groups (broad SMARTS) is 2. The Balaban J connectivity index is 2.54. The zero-order valence-corrected chi connectivity index (χ0v) is 11.3. The van der Waals surface area contributed by atoms with Gasteiger partial charge in [0.15, 0.2) is 0 Å². The molecule has 0 aromatic heterocycles. The van der Waals surface area contributed by atoms with Crippen LogP contribution in [0.15, 0.2) is 24.3 Å². The lowest BCUT2D eigenvalue weighted by molar-refractivity contribution is -0.314. The lowest BCUT2D eigenvalue weighted by Gasteiger charge is -2.18. The predicted octanol–water partition coefficient (Wildman–Crippen LogP) is -0.423. The minimum absolute atomic E-state index is 0.387. The third kappa shape index (κ3) is 5.65. The standard InChI is InChI=1S/C13H16O5S/c1-2-18-10-5-3-9(4-6-10)8-19-11(13(16)17)7-12(14)15/h3-6,11H,2,7-8H2,1H3,(H,14,15)(H,16,17)/p-2/t11-/m1/s1. The van der Waals surface area contributed by atoms with Crippen LogP contribution in [0.3, 0.4) is 0 Å². The third-order valence-electron chi connectivity index (χ3n) is 2.30. The van der Waals surface area contributed by atoms with Crippen molar-refractivity contribution < 1.29 is 24.5 Å². The fourth-order valence-corrected chi connectivity index (χ4v) is 2.38. The highest BCUT2D eigenvalue weighted by Gasteiger charge is 2.11. The molecule has 0 fully saturated rings. The first kappa shape index (κ1) is 15.4. The molecule has 0 saturated carbocycles. The van der Waals surface area contributed by atoms with Gasteiger partial charge in [-0.25, -0.2) is 0 Å². The summed E-state index contributed by atoms with van der Waals surface area (Å²) in [4.78, 5) is 21.2. The molecule has 0 amide bonds. The van der Waals surface area contributed by atoms with E-state index in [0.29, 0.717) is 12.4 Å². The number of ether oxygens (including phenoxy) is 1. The molecular formula is C13H14O5S-2. The second-order valence-corrected chi connectivity index (χ2v) is 4.96. The average molecular weight is 282 g/mol. The Labute approximate surface area is 115 Å². The highest BCUT2D eigenvalue weighted by Crippen LogP contribution is 2.21. The summed E-state index contributed by atoms with van der Waals surface area (Å²) in [5.74, 6) is -1.66. The van der Waals surface area contributed by atoms with E-state index in [9.17, 15) is 19.8 Å². The van der Waals surface area contributed by atoms with Crippen LogP contribution in [0.5, 0.6) is 5.75 Å². The molecule has 0 aliphatic rings. The Morgan fingerprint density at radius 1 is 1.26 bits per heavy atom. The Morgan fingerprint density at radius 3 is 2.37 bits per heavy atom. The van der Waals surface area contributed by atoms with Crippen molar-refractivity contribution in [2.75, 3.05) is 6.61 Å². The van der Waals surface area contributed by atoms with E-state index in [1.165, 1.54) is 0 Å². The van der Waals surface area contributed by atoms with Crippen molar-refractivity contribution >= 4 is 23.7 Å². The van der Waals surface area contributed by atoms with Crippen LogP contribution >= 0.6 is 11.8 Å². The summed E-state index contributed by atoms with van der Waals surface area (Å²) >= 11 is 1.01. The molecule has 5 nitrogen and oxygen atoms in total. The van der Waals surface area contributed by atoms with Crippen LogP contribution in [0.2, 0.25) is 0 Å². The molecule has 0 aliphatic carbocycles. The number of rotatable bonds is 8. The second kappa shape index (κ2) is 7.68. The zero-order chi connectivity index (χ0) is 14.3. The van der Waals surface area contributed by atoms with E-state index in [2.05, 4.69) is 0 Å². The highest BCUT2D eigenvalue weighted by atomic mass is 32.2. The van der Waals surface area contributed by atoms with Gasteiger partial charge in [-0.1, -0.05) is 12.1 Å². The first-order valence-corrected chi connectivity index (χ1v) is 6.81. The number of thioether (sulfide) groups is 1. The average Bonchev–Trinajstić information content (AvgIpc) is 2.36. The molecule has 0 unspecified atom stereocenters. The Morgan fingerprint density at radius 2 is 1.89 bits per heavy atom. The van der Waals surface area contributed by atoms with Crippen LogP contribution in [-0.2, 0) is 15.3 Å². The summed E-state index contributed by atoms with van der Waals surface area (Å²) < 4.78 is 5.28. The number of carbonyl (C=O) groups is 2. The molecule has 104 valence electrons. The summed E-state index contributed by atoms with van der Waals surface area (Å²) in [6.45, 7) is 2.46. The predicted molar refractivity (Wildman–Crippen MR) is 67.3 cm³/mol. The minimum Gasteiger partial charge on any atom is -0.550 e. The van der Waals surface area contributed by atoms with Gasteiger partial charge in [0.05, 0.1) is 12.6 Å². The molecule has 0 N–H and O–H groups in total. The van der Waals surface area contributed by atoms with Gasteiger partial charge in [0, 0.05) is 23.4 Å². The molecular weight excluding hydrogens is 268 g/mol. The number of aliphatic carboxylic acids is 2. The largest absolute Gasteiger partial charge is 0.550 e. The van der Waals surface area contributed by atoms with E-state index >= 15 is 0 Å². The van der Waals surface area contributed by atoms with Crippen LogP contribution in [-0.4, -0.2) is 23.8 Å². The maximum atomic E-state index is 10.8. The monoisotopic (exact) mass is 282 g/mol. The molecule has 0 heterocycles. The number of hydrogen-bond acceptors (Lipinski definition) is 6. The van der Waals surface area contributed by atoms with Gasteiger partial charge in [0.25, 0.3) is 0 Å². The molecule has 1 rings (SSSR count). The molecule has 0 radical (unpaired) electrons. The highest BCUT2D eigenvalue weighted by molar-refractivity contribution is 7.99. The molecule has 0 saturated heterocycles. The minimum atomic E-state index is -1.40. The maximum absolute atomic E-state index is 10.8. The van der Waals surface area contributed by atoms with Gasteiger partial charge in [-0.3, -0.25) is 0 Å². The Hall–Kier alpha value is -1.69. The van der Waals surface area contributed by atoms with Gasteiger partial charge in [0.1, 0.15) is 5.75 Å². The smallest absolute Gasteiger partial charge is 0.119 e. The van der Waals surface area contributed by atoms with E-state index in [-0.39, 0.29) is 0 Å². The topological polar surface area (TPSA) is 89.5 Å². The maximum Gasteiger partial charge on any atom is 0.119 e. The molecule has 1 atom stereocenters. The number of benzene rings is 1. The molecule has 0 aliphatic heterocycles. The quantitative estimate of drug-likeness (QED) is 0.643. The van der Waals surface area contributed by atoms with Crippen molar-refractivity contribution in [2.45, 2.75) is 24.3 Å². The van der Waals surface area contributed by atoms with Crippen LogP contribution in [0.4, 0.5) is 0 Å². The first-order valence-electron chi connectivity index (χ1n) is 5.77. The van der Waals surface area contributed by atoms with Gasteiger partial charge >= 0.3 is 0 Å². The first-order chi connectivity index (χ1) is 9.02. The molecule has 1 aromatic rings. The Bertz CT molecular complexity index is 429. The van der Waals surface area contributed by atoms with E-state index in [0.717, 1.165) is 23.1 Å². The lowest BCUT2D eigenvalue weighted by atomic mass is 10.2. The van der Waals surface area contributed by atoms with Gasteiger partial charge in [-0.05, 0) is 24.6 Å². The lowest BCUT2D eigenvalue weighted by Crippen LogP contribution is -2.38. The molecule has 1 aromatic carbocycles. The van der Waals surface area contributed by atoms with Gasteiger partial charge in [-0.15, -0.1) is 11.8 Å². The van der Waals surface area contributed by atoms with Crippen LogP contribution in [0.25, 0.3) is 0 Å². The molecule has 19 heavy (non-hydrogen) atoms. The molecule has 6 heteroatoms. The fourth-order valence-electron chi connectivity index (χ4n) is 1.41. The van der Waals surface area contributed by atoms with Gasteiger partial charge in [-0.2, -0.15) is 0 Å². The van der Waals surface area contributed by atoms with Crippen molar-refractivity contribution in [1.82, 2.24) is 0 Å². The van der Waals surface area contributed by atoms with Crippen LogP contribution < -0.4 is 14.9 Å². The number of carboxylic acids is 2. The Kier molecular flexibility index (Phi) is 6.21.